The lowest BCUT2D eigenvalue weighted by Gasteiger charge is -2.36. The summed E-state index contributed by atoms with van der Waals surface area (Å²) in [5.74, 6) is 0.483. The molecule has 0 bridgehead atoms. The van der Waals surface area contributed by atoms with Crippen molar-refractivity contribution in [2.24, 2.45) is 5.73 Å². The Morgan fingerprint density at radius 2 is 1.74 bits per heavy atom. The number of halogens is 1. The first-order valence-electron chi connectivity index (χ1n) is 11.4. The van der Waals surface area contributed by atoms with Crippen molar-refractivity contribution in [3.05, 3.63) is 52.0 Å². The summed E-state index contributed by atoms with van der Waals surface area (Å²) in [4.78, 5) is 26.2. The Morgan fingerprint density at radius 3 is 2.40 bits per heavy atom. The van der Waals surface area contributed by atoms with Crippen LogP contribution in [0.3, 0.4) is 0 Å². The zero-order valence-corrected chi connectivity index (χ0v) is 22.2. The lowest BCUT2D eigenvalue weighted by molar-refractivity contribution is -0.119. The van der Waals surface area contributed by atoms with Crippen LogP contribution in [-0.2, 0) is 11.3 Å². The molecular weight excluding hydrogens is 534 g/mol. The number of nitrogens with one attached hydrogen (secondary N) is 1. The first-order chi connectivity index (χ1) is 16.8. The van der Waals surface area contributed by atoms with Crippen molar-refractivity contribution in [2.75, 3.05) is 20.8 Å². The van der Waals surface area contributed by atoms with Crippen LogP contribution < -0.4 is 25.3 Å². The summed E-state index contributed by atoms with van der Waals surface area (Å²) in [5, 5.41) is 3.26. The molecule has 0 unspecified atom stereocenters. The summed E-state index contributed by atoms with van der Waals surface area (Å²) in [6, 6.07) is 10.9. The average Bonchev–Trinajstić information content (AvgIpc) is 2.86. The van der Waals surface area contributed by atoms with Gasteiger partial charge in [-0.15, -0.1) is 0 Å². The molecule has 0 aliphatic heterocycles. The molecule has 2 aromatic carbocycles. The number of ether oxygens (including phenoxy) is 3. The van der Waals surface area contributed by atoms with Gasteiger partial charge in [0.05, 0.1) is 19.8 Å². The molecule has 2 aromatic rings. The van der Waals surface area contributed by atoms with E-state index >= 15 is 0 Å². The molecule has 1 aliphatic rings. The van der Waals surface area contributed by atoms with E-state index in [1.165, 1.54) is 20.6 Å². The summed E-state index contributed by atoms with van der Waals surface area (Å²) in [6.45, 7) is 0.241. The van der Waals surface area contributed by atoms with E-state index in [1.807, 2.05) is 18.2 Å². The third-order valence-electron chi connectivity index (χ3n) is 5.85. The molecule has 0 heterocycles. The van der Waals surface area contributed by atoms with E-state index < -0.39 is 5.91 Å². The fourth-order valence-electron chi connectivity index (χ4n) is 4.13. The smallest absolute Gasteiger partial charge is 0.261 e. The molecule has 0 radical (unpaired) electrons. The molecule has 8 nitrogen and oxygen atoms in total. The number of methoxy groups -OCH3 is 2. The monoisotopic (exact) mass is 563 g/mol. The van der Waals surface area contributed by atoms with Gasteiger partial charge in [-0.3, -0.25) is 14.9 Å². The van der Waals surface area contributed by atoms with Gasteiger partial charge in [0, 0.05) is 17.1 Å². The van der Waals surface area contributed by atoms with Gasteiger partial charge in [0.2, 0.25) is 0 Å². The second-order valence-electron chi connectivity index (χ2n) is 8.26. The highest BCUT2D eigenvalue weighted by Crippen LogP contribution is 2.30. The zero-order valence-electron chi connectivity index (χ0n) is 19.8. The molecule has 0 aromatic heterocycles. The van der Waals surface area contributed by atoms with Gasteiger partial charge in [-0.05, 0) is 61.0 Å². The number of hydrogen-bond acceptors (Lipinski definition) is 6. The van der Waals surface area contributed by atoms with Gasteiger partial charge in [0.15, 0.2) is 23.2 Å². The van der Waals surface area contributed by atoms with Crippen molar-refractivity contribution < 1.29 is 23.8 Å². The topological polar surface area (TPSA) is 103 Å². The van der Waals surface area contributed by atoms with E-state index in [0.29, 0.717) is 34.5 Å². The largest absolute Gasteiger partial charge is 0.496 e. The number of carbonyl (C=O) groups is 2. The number of hydrogen-bond donors (Lipinski definition) is 2. The van der Waals surface area contributed by atoms with E-state index in [9.17, 15) is 9.59 Å². The summed E-state index contributed by atoms with van der Waals surface area (Å²) >= 11 is 9.14. The van der Waals surface area contributed by atoms with E-state index in [4.69, 9.17) is 32.2 Å². The standard InChI is InChI=1S/C25H30BrN3O5S/c1-32-20-11-9-17(26)13-19(20)24(31)28-25(35)29(18-6-4-3-5-7-18)14-16-8-10-21(22(12-16)33-2)34-15-23(27)30/h8-13,18H,3-7,14-15H2,1-2H3,(H2,27,30)(H,28,31,35). The molecule has 1 fully saturated rings. The van der Waals surface area contributed by atoms with Crippen molar-refractivity contribution in [3.8, 4) is 17.2 Å². The van der Waals surface area contributed by atoms with Crippen LogP contribution in [0.5, 0.6) is 17.2 Å². The van der Waals surface area contributed by atoms with Gasteiger partial charge < -0.3 is 24.8 Å². The van der Waals surface area contributed by atoms with Crippen LogP contribution in [0.1, 0.15) is 48.0 Å². The Morgan fingerprint density at radius 1 is 1.06 bits per heavy atom. The SMILES string of the molecule is COc1cc(CN(C(=S)NC(=O)c2cc(Br)ccc2OC)C2CCCCC2)ccc1OCC(N)=O. The molecule has 1 saturated carbocycles. The Balaban J connectivity index is 1.81. The Labute approximate surface area is 219 Å². The number of rotatable bonds is 9. The minimum Gasteiger partial charge on any atom is -0.496 e. The van der Waals surface area contributed by atoms with Crippen molar-refractivity contribution in [1.29, 1.82) is 0 Å². The minimum atomic E-state index is -0.567. The van der Waals surface area contributed by atoms with E-state index in [1.54, 1.807) is 18.2 Å². The Kier molecular flexibility index (Phi) is 9.73. The maximum Gasteiger partial charge on any atom is 0.261 e. The maximum atomic E-state index is 13.1. The Hall–Kier alpha value is -2.85. The predicted molar refractivity (Wildman–Crippen MR) is 141 cm³/mol. The third-order valence-corrected chi connectivity index (χ3v) is 6.68. The summed E-state index contributed by atoms with van der Waals surface area (Å²) in [5.41, 5.74) is 6.50. The summed E-state index contributed by atoms with van der Waals surface area (Å²) < 4.78 is 17.0. The Bertz CT molecular complexity index is 1080. The predicted octanol–water partition coefficient (Wildman–Crippen LogP) is 4.18. The van der Waals surface area contributed by atoms with Crippen molar-refractivity contribution in [3.63, 3.8) is 0 Å². The molecule has 0 saturated heterocycles. The fourth-order valence-corrected chi connectivity index (χ4v) is 4.80. The average molecular weight is 565 g/mol. The molecule has 35 heavy (non-hydrogen) atoms. The van der Waals surface area contributed by atoms with Crippen LogP contribution in [0.2, 0.25) is 0 Å². The number of carbonyl (C=O) groups excluding carboxylic acids is 2. The molecule has 2 amide bonds. The van der Waals surface area contributed by atoms with Gasteiger partial charge in [-0.1, -0.05) is 41.3 Å². The number of nitrogens with two attached hydrogens (primary N) is 1. The van der Waals surface area contributed by atoms with Gasteiger partial charge in [-0.2, -0.15) is 0 Å². The second-order valence-corrected chi connectivity index (χ2v) is 9.57. The number of benzene rings is 2. The lowest BCUT2D eigenvalue weighted by atomic mass is 9.94. The van der Waals surface area contributed by atoms with E-state index in [0.717, 1.165) is 35.7 Å². The highest BCUT2D eigenvalue weighted by molar-refractivity contribution is 9.10. The van der Waals surface area contributed by atoms with E-state index in [-0.39, 0.29) is 18.6 Å². The summed E-state index contributed by atoms with van der Waals surface area (Å²) in [6.07, 6.45) is 5.40. The van der Waals surface area contributed by atoms with E-state index in [2.05, 4.69) is 26.1 Å². The van der Waals surface area contributed by atoms with Gasteiger partial charge in [0.25, 0.3) is 11.8 Å². The molecule has 188 valence electrons. The van der Waals surface area contributed by atoms with Crippen LogP contribution in [-0.4, -0.2) is 48.7 Å². The van der Waals surface area contributed by atoms with Crippen molar-refractivity contribution in [2.45, 2.75) is 44.7 Å². The van der Waals surface area contributed by atoms with Crippen molar-refractivity contribution >= 4 is 45.1 Å². The number of primary amides is 1. The summed E-state index contributed by atoms with van der Waals surface area (Å²) in [7, 11) is 3.06. The van der Waals surface area contributed by atoms with Gasteiger partial charge in [-0.25, -0.2) is 0 Å². The van der Waals surface area contributed by atoms with Crippen LogP contribution in [0.4, 0.5) is 0 Å². The third kappa shape index (κ3) is 7.32. The molecule has 3 rings (SSSR count). The van der Waals surface area contributed by atoms with Crippen LogP contribution in [0.15, 0.2) is 40.9 Å². The number of thiocarbonyl (C=S) groups is 1. The van der Waals surface area contributed by atoms with Gasteiger partial charge in [0.1, 0.15) is 5.75 Å². The lowest BCUT2D eigenvalue weighted by Crippen LogP contribution is -2.48. The molecule has 10 heteroatoms. The van der Waals surface area contributed by atoms with Crippen molar-refractivity contribution in [1.82, 2.24) is 10.2 Å². The quantitative estimate of drug-likeness (QED) is 0.441. The normalized spacial score (nSPS) is 13.6. The fraction of sp³-hybridized carbons (Fsp3) is 0.400. The number of amides is 2. The molecular formula is C25H30BrN3O5S. The van der Waals surface area contributed by atoms with Crippen LogP contribution in [0.25, 0.3) is 0 Å². The first-order valence-corrected chi connectivity index (χ1v) is 12.6. The number of nitrogens with zero attached hydrogens (tertiary/aromatic N) is 1. The second kappa shape index (κ2) is 12.7. The maximum absolute atomic E-state index is 13.1. The highest BCUT2D eigenvalue weighted by Gasteiger charge is 2.26. The molecule has 1 aliphatic carbocycles. The molecule has 0 atom stereocenters. The zero-order chi connectivity index (χ0) is 25.4. The minimum absolute atomic E-state index is 0.206. The molecule has 0 spiro atoms. The van der Waals surface area contributed by atoms with Crippen LogP contribution >= 0.6 is 28.1 Å². The highest BCUT2D eigenvalue weighted by atomic mass is 79.9. The molecule has 3 N–H and O–H groups in total. The van der Waals surface area contributed by atoms with Gasteiger partial charge >= 0.3 is 0 Å². The first kappa shape index (κ1) is 26.7. The van der Waals surface area contributed by atoms with Crippen LogP contribution in [0, 0.1) is 0 Å².